The molecule has 0 aliphatic carbocycles. The van der Waals surface area contributed by atoms with Crippen molar-refractivity contribution in [3.63, 3.8) is 0 Å². The van der Waals surface area contributed by atoms with Crippen LogP contribution in [0.5, 0.6) is 0 Å². The first-order valence-electron chi connectivity index (χ1n) is 12.4. The van der Waals surface area contributed by atoms with Crippen molar-refractivity contribution in [2.75, 3.05) is 0 Å². The Labute approximate surface area is 251 Å². The van der Waals surface area contributed by atoms with Gasteiger partial charge in [-0.05, 0) is 11.1 Å². The molecule has 0 atom stereocenters. The number of hydrogen-bond donors (Lipinski definition) is 0. The van der Waals surface area contributed by atoms with Gasteiger partial charge >= 0.3 is 38.5 Å². The van der Waals surface area contributed by atoms with Gasteiger partial charge in [0.05, 0.1) is 0 Å². The quantitative estimate of drug-likeness (QED) is 0.139. The zero-order valence-corrected chi connectivity index (χ0v) is 26.6. The van der Waals surface area contributed by atoms with E-state index >= 15 is 0 Å². The summed E-state index contributed by atoms with van der Waals surface area (Å²) >= 11 is 2.27. The number of aryl methyl sites for hydroxylation is 2. The second kappa shape index (κ2) is 15.3. The molecule has 0 unspecified atom stereocenters. The average molecular weight is 590 g/mol. The number of hydrogen-bond acceptors (Lipinski definition) is 0. The Bertz CT molecular complexity index is 1460. The van der Waals surface area contributed by atoms with Crippen LogP contribution in [-0.2, 0) is 19.2 Å². The fourth-order valence-electron chi connectivity index (χ4n) is 4.51. The molecule has 0 saturated heterocycles. The van der Waals surface area contributed by atoms with Crippen LogP contribution in [0.25, 0.3) is 43.8 Å². The second-order valence-electron chi connectivity index (χ2n) is 9.41. The predicted molar refractivity (Wildman–Crippen MR) is 171 cm³/mol. The number of rotatable bonds is 2. The predicted octanol–water partition coefficient (Wildman–Crippen LogP) is 10.7. The zero-order valence-electron chi connectivity index (χ0n) is 22.4. The van der Waals surface area contributed by atoms with Gasteiger partial charge in [0.2, 0.25) is 0 Å². The molecule has 0 fully saturated rings. The van der Waals surface area contributed by atoms with Gasteiger partial charge in [-0.3, -0.25) is 0 Å². The monoisotopic (exact) mass is 588 g/mol. The molecule has 38 heavy (non-hydrogen) atoms. The van der Waals surface area contributed by atoms with Gasteiger partial charge in [0.1, 0.15) is 0 Å². The van der Waals surface area contributed by atoms with E-state index in [0.29, 0.717) is 0 Å². The normalized spacial score (nSPS) is 9.84. The number of benzene rings is 4. The minimum absolute atomic E-state index is 0. The molecule has 6 rings (SSSR count). The molecule has 4 heteroatoms. The van der Waals surface area contributed by atoms with Crippen LogP contribution in [0.2, 0.25) is 13.1 Å². The van der Waals surface area contributed by atoms with Crippen molar-refractivity contribution >= 4 is 52.5 Å². The minimum Gasteiger partial charge on any atom is -0.165 e. The van der Waals surface area contributed by atoms with Crippen molar-refractivity contribution in [2.45, 2.75) is 26.9 Å². The van der Waals surface area contributed by atoms with E-state index < -0.39 is 0 Å². The third kappa shape index (κ3) is 8.30. The molecule has 0 bridgehead atoms. The zero-order chi connectivity index (χ0) is 25.5. The maximum Gasteiger partial charge on any atom is -0.0279 e. The van der Waals surface area contributed by atoms with Crippen molar-refractivity contribution < 1.29 is 19.2 Å². The van der Waals surface area contributed by atoms with Gasteiger partial charge in [-0.15, -0.1) is 93.9 Å². The van der Waals surface area contributed by atoms with E-state index in [1.807, 2.05) is 0 Å². The van der Waals surface area contributed by atoms with E-state index in [2.05, 4.69) is 167 Å². The molecule has 0 aromatic heterocycles. The molecule has 0 radical (unpaired) electrons. The minimum atomic E-state index is 0. The molecule has 0 saturated carbocycles. The standard InChI is InChI=1S/2C16H13.C2H6Si.2ClH.Ti/c2*1-12-10-14-8-5-9-15(16(14)11-12)13-6-3-2-4-7-13;1-3-2;;;/h2*2-11H,1H3;1-2H3;2*1H;/q2*-1;;;;+2. The molecule has 6 aromatic carbocycles. The molecule has 0 spiro atoms. The Morgan fingerprint density at radius 2 is 0.868 bits per heavy atom. The van der Waals surface area contributed by atoms with E-state index in [0.717, 1.165) is 0 Å². The van der Waals surface area contributed by atoms with E-state index in [-0.39, 0.29) is 31.0 Å². The molecular weight excluding hydrogens is 555 g/mol. The molecule has 0 heterocycles. The SMILES string of the molecule is C[Si](C)=[Ti+2].Cc1cc2c(-c3ccccc3)cccc2[cH-]1.Cc1cc2c(-c3ccccc3)cccc2[cH-]1.Cl.Cl. The first kappa shape index (κ1) is 31.8. The first-order chi connectivity index (χ1) is 17.4. The Balaban J connectivity index is 0.000000224. The van der Waals surface area contributed by atoms with Crippen molar-refractivity contribution in [3.05, 3.63) is 132 Å². The van der Waals surface area contributed by atoms with Crippen molar-refractivity contribution in [1.29, 1.82) is 0 Å². The molecule has 0 aliphatic rings. The molecular formula is C34H34Cl2SiTi. The van der Waals surface area contributed by atoms with Crippen LogP contribution in [0, 0.1) is 13.8 Å². The van der Waals surface area contributed by atoms with E-state index in [4.69, 9.17) is 0 Å². The summed E-state index contributed by atoms with van der Waals surface area (Å²) < 4.78 is 0. The summed E-state index contributed by atoms with van der Waals surface area (Å²) in [6, 6.07) is 43.1. The summed E-state index contributed by atoms with van der Waals surface area (Å²) in [5.41, 5.74) is 7.89. The van der Waals surface area contributed by atoms with Crippen LogP contribution in [-0.4, -0.2) is 6.19 Å². The number of halogens is 2. The summed E-state index contributed by atoms with van der Waals surface area (Å²) in [6.45, 7) is 8.83. The van der Waals surface area contributed by atoms with Crippen LogP contribution in [0.1, 0.15) is 11.1 Å². The van der Waals surface area contributed by atoms with Crippen LogP contribution in [0.3, 0.4) is 0 Å². The van der Waals surface area contributed by atoms with Gasteiger partial charge < -0.3 is 0 Å². The van der Waals surface area contributed by atoms with Crippen molar-refractivity contribution in [3.8, 4) is 22.3 Å². The van der Waals surface area contributed by atoms with Crippen molar-refractivity contribution in [2.24, 2.45) is 0 Å². The van der Waals surface area contributed by atoms with Crippen LogP contribution in [0.15, 0.2) is 121 Å². The summed E-state index contributed by atoms with van der Waals surface area (Å²) in [7, 11) is 0. The third-order valence-electron chi connectivity index (χ3n) is 5.96. The molecule has 0 N–H and O–H groups in total. The topological polar surface area (TPSA) is 0 Å². The smallest absolute Gasteiger partial charge is 0.0279 e. The summed E-state index contributed by atoms with van der Waals surface area (Å²) in [5.74, 6) is 0. The Hall–Kier alpha value is -2.39. The van der Waals surface area contributed by atoms with E-state index in [1.54, 1.807) is 0 Å². The fourth-order valence-corrected chi connectivity index (χ4v) is 4.51. The second-order valence-corrected chi connectivity index (χ2v) is 16.1. The van der Waals surface area contributed by atoms with Crippen molar-refractivity contribution in [1.82, 2.24) is 0 Å². The Kier molecular flexibility index (Phi) is 12.8. The van der Waals surface area contributed by atoms with Gasteiger partial charge in [-0.1, -0.05) is 97.8 Å². The van der Waals surface area contributed by atoms with Crippen LogP contribution in [0.4, 0.5) is 0 Å². The summed E-state index contributed by atoms with van der Waals surface area (Å²) in [6.07, 6.45) is 0.120. The van der Waals surface area contributed by atoms with Gasteiger partial charge in [-0.2, -0.15) is 12.1 Å². The summed E-state index contributed by atoms with van der Waals surface area (Å²) in [4.78, 5) is 0. The molecule has 0 aliphatic heterocycles. The maximum atomic E-state index is 2.27. The van der Waals surface area contributed by atoms with E-state index in [1.165, 1.54) is 54.9 Å². The third-order valence-corrected chi connectivity index (χ3v) is 5.96. The summed E-state index contributed by atoms with van der Waals surface area (Å²) in [5, 5.41) is 5.37. The van der Waals surface area contributed by atoms with Gasteiger partial charge in [-0.25, -0.2) is 0 Å². The fraction of sp³-hybridized carbons (Fsp3) is 0.118. The molecule has 0 nitrogen and oxygen atoms in total. The van der Waals surface area contributed by atoms with Crippen LogP contribution >= 0.6 is 24.8 Å². The Morgan fingerprint density at radius 1 is 0.526 bits per heavy atom. The van der Waals surface area contributed by atoms with Gasteiger partial charge in [0, 0.05) is 0 Å². The Morgan fingerprint density at radius 3 is 1.21 bits per heavy atom. The van der Waals surface area contributed by atoms with Crippen LogP contribution < -0.4 is 0 Å². The molecule has 6 aromatic rings. The average Bonchev–Trinajstić information content (AvgIpc) is 3.45. The number of fused-ring (bicyclic) bond motifs is 2. The largest absolute Gasteiger partial charge is 0.165 e. The van der Waals surface area contributed by atoms with Gasteiger partial charge in [0.25, 0.3) is 0 Å². The molecule has 0 amide bonds. The maximum absolute atomic E-state index is 2.27. The molecule has 192 valence electrons. The first-order valence-corrected chi connectivity index (χ1v) is 17.2. The van der Waals surface area contributed by atoms with E-state index in [9.17, 15) is 0 Å². The van der Waals surface area contributed by atoms with Gasteiger partial charge in [0.15, 0.2) is 0 Å².